The number of rotatable bonds is 5. The van der Waals surface area contributed by atoms with Crippen LogP contribution >= 0.6 is 0 Å². The predicted octanol–water partition coefficient (Wildman–Crippen LogP) is 4.70. The zero-order valence-electron chi connectivity index (χ0n) is 17.6. The molecular weight excluding hydrogens is 428 g/mol. The van der Waals surface area contributed by atoms with Crippen molar-refractivity contribution in [1.29, 1.82) is 0 Å². The number of aromatic nitrogens is 1. The highest BCUT2D eigenvalue weighted by molar-refractivity contribution is 6.02. The average Bonchev–Trinajstić information content (AvgIpc) is 3.39. The highest BCUT2D eigenvalue weighted by Gasteiger charge is 2.48. The number of carbonyl (C=O) groups is 2. The second-order valence-electron chi connectivity index (χ2n) is 8.37. The van der Waals surface area contributed by atoms with Crippen LogP contribution < -0.4 is 0 Å². The quantitative estimate of drug-likeness (QED) is 0.488. The zero-order chi connectivity index (χ0) is 23.0. The van der Waals surface area contributed by atoms with Crippen LogP contribution in [0.15, 0.2) is 30.3 Å². The van der Waals surface area contributed by atoms with E-state index in [0.29, 0.717) is 24.5 Å². The first-order chi connectivity index (χ1) is 15.2. The molecule has 1 saturated heterocycles. The van der Waals surface area contributed by atoms with E-state index in [9.17, 15) is 27.2 Å². The van der Waals surface area contributed by atoms with Crippen molar-refractivity contribution < 1.29 is 31.9 Å². The number of nitrogens with zero attached hydrogens (tertiary/aromatic N) is 2. The minimum atomic E-state index is -4.49. The zero-order valence-corrected chi connectivity index (χ0v) is 17.6. The minimum absolute atomic E-state index is 0.0272. The van der Waals surface area contributed by atoms with Gasteiger partial charge in [-0.3, -0.25) is 9.59 Å². The van der Waals surface area contributed by atoms with E-state index in [0.717, 1.165) is 10.5 Å². The van der Waals surface area contributed by atoms with Gasteiger partial charge in [-0.05, 0) is 42.5 Å². The summed E-state index contributed by atoms with van der Waals surface area (Å²) >= 11 is 0. The third-order valence-electron chi connectivity index (χ3n) is 6.24. The molecule has 0 saturated carbocycles. The molecule has 1 aromatic heterocycles. The Balaban J connectivity index is 1.61. The fourth-order valence-corrected chi connectivity index (χ4v) is 4.54. The van der Waals surface area contributed by atoms with Crippen molar-refractivity contribution in [2.24, 2.45) is 0 Å². The molecule has 2 atom stereocenters. The number of amides is 1. The van der Waals surface area contributed by atoms with Crippen molar-refractivity contribution in [3.8, 4) is 0 Å². The number of ketones is 1. The fraction of sp³-hybridized carbons (Fsp3) is 0.478. The number of hydrogen-bond donors (Lipinski definition) is 0. The fourth-order valence-electron chi connectivity index (χ4n) is 4.54. The van der Waals surface area contributed by atoms with Gasteiger partial charge in [0.25, 0.3) is 5.91 Å². The van der Waals surface area contributed by atoms with E-state index >= 15 is 0 Å². The molecule has 1 aromatic carbocycles. The number of hydrogen-bond acceptors (Lipinski definition) is 3. The maximum absolute atomic E-state index is 13.4. The molecule has 172 valence electrons. The smallest absolute Gasteiger partial charge is 0.373 e. The second-order valence-corrected chi connectivity index (χ2v) is 8.37. The number of benzene rings is 1. The summed E-state index contributed by atoms with van der Waals surface area (Å²) in [6.07, 6.45) is -4.21. The lowest BCUT2D eigenvalue weighted by Gasteiger charge is -2.27. The van der Waals surface area contributed by atoms with Crippen LogP contribution in [0.3, 0.4) is 0 Å². The molecule has 0 aliphatic carbocycles. The van der Waals surface area contributed by atoms with E-state index in [1.807, 2.05) is 6.92 Å². The Bertz CT molecular complexity index is 1010. The summed E-state index contributed by atoms with van der Waals surface area (Å²) in [7, 11) is 0. The summed E-state index contributed by atoms with van der Waals surface area (Å²) in [4.78, 5) is 27.1. The second kappa shape index (κ2) is 8.69. The minimum Gasteiger partial charge on any atom is -0.373 e. The molecule has 0 bridgehead atoms. The number of ether oxygens (including phenoxy) is 1. The molecule has 1 fully saturated rings. The molecular formula is C23H24F4N2O3. The first kappa shape index (κ1) is 22.5. The number of likely N-dealkylation sites (tertiary alicyclic amines) is 1. The van der Waals surface area contributed by atoms with Crippen LogP contribution in [0.25, 0.3) is 0 Å². The van der Waals surface area contributed by atoms with Crippen LogP contribution in [-0.4, -0.2) is 46.5 Å². The van der Waals surface area contributed by atoms with Gasteiger partial charge in [-0.1, -0.05) is 19.1 Å². The van der Waals surface area contributed by atoms with Crippen LogP contribution in [0, 0.1) is 5.82 Å². The molecule has 2 aromatic rings. The Morgan fingerprint density at radius 2 is 1.91 bits per heavy atom. The molecule has 2 aliphatic rings. The number of Topliss-reactive ketones (excluding diaryl/α,β-unsaturated/α-hetero) is 1. The monoisotopic (exact) mass is 452 g/mol. The lowest BCUT2D eigenvalue weighted by atomic mass is 9.94. The van der Waals surface area contributed by atoms with Gasteiger partial charge in [-0.2, -0.15) is 13.2 Å². The summed E-state index contributed by atoms with van der Waals surface area (Å²) in [5.41, 5.74) is 1.63. The van der Waals surface area contributed by atoms with Gasteiger partial charge < -0.3 is 14.2 Å². The van der Waals surface area contributed by atoms with Gasteiger partial charge in [0.1, 0.15) is 11.9 Å². The van der Waals surface area contributed by atoms with Gasteiger partial charge in [0, 0.05) is 19.5 Å². The van der Waals surface area contributed by atoms with E-state index in [1.165, 1.54) is 18.2 Å². The average molecular weight is 452 g/mol. The molecule has 0 N–H and O–H groups in total. The molecule has 0 spiro atoms. The normalized spacial score (nSPS) is 19.7. The molecule has 0 radical (unpaired) electrons. The van der Waals surface area contributed by atoms with Gasteiger partial charge in [0.05, 0.1) is 30.2 Å². The van der Waals surface area contributed by atoms with Crippen LogP contribution in [-0.2, 0) is 17.9 Å². The Kier molecular flexibility index (Phi) is 6.11. The molecule has 32 heavy (non-hydrogen) atoms. The van der Waals surface area contributed by atoms with E-state index in [-0.39, 0.29) is 55.5 Å². The molecule has 9 heteroatoms. The maximum Gasteiger partial charge on any atom is 0.408 e. The highest BCUT2D eigenvalue weighted by atomic mass is 19.4. The molecule has 4 rings (SSSR count). The number of fused-ring (bicyclic) bond motifs is 1. The van der Waals surface area contributed by atoms with Crippen LogP contribution in [0.1, 0.15) is 64.2 Å². The molecule has 2 aliphatic heterocycles. The lowest BCUT2D eigenvalue weighted by molar-refractivity contribution is -0.169. The summed E-state index contributed by atoms with van der Waals surface area (Å²) in [5.74, 6) is -1.50. The van der Waals surface area contributed by atoms with E-state index in [1.54, 1.807) is 16.7 Å². The molecule has 3 heterocycles. The Morgan fingerprint density at radius 3 is 2.59 bits per heavy atom. The van der Waals surface area contributed by atoms with Crippen LogP contribution in [0.5, 0.6) is 0 Å². The van der Waals surface area contributed by atoms with Crippen LogP contribution in [0.4, 0.5) is 17.6 Å². The van der Waals surface area contributed by atoms with Crippen molar-refractivity contribution in [3.05, 3.63) is 58.7 Å². The predicted molar refractivity (Wildman–Crippen MR) is 108 cm³/mol. The molecule has 1 amide bonds. The number of alkyl halides is 3. The summed E-state index contributed by atoms with van der Waals surface area (Å²) < 4.78 is 60.5. The van der Waals surface area contributed by atoms with Crippen molar-refractivity contribution in [1.82, 2.24) is 9.47 Å². The van der Waals surface area contributed by atoms with Gasteiger partial charge in [0.2, 0.25) is 0 Å². The maximum atomic E-state index is 13.4. The molecule has 5 nitrogen and oxygen atoms in total. The highest BCUT2D eigenvalue weighted by Crippen LogP contribution is 2.35. The van der Waals surface area contributed by atoms with Gasteiger partial charge >= 0.3 is 6.18 Å². The summed E-state index contributed by atoms with van der Waals surface area (Å²) in [6.45, 7) is 2.62. The van der Waals surface area contributed by atoms with Gasteiger partial charge in [-0.25, -0.2) is 4.39 Å². The van der Waals surface area contributed by atoms with Crippen molar-refractivity contribution in [2.45, 2.75) is 57.5 Å². The van der Waals surface area contributed by atoms with Gasteiger partial charge in [-0.15, -0.1) is 0 Å². The summed E-state index contributed by atoms with van der Waals surface area (Å²) in [6, 6.07) is 5.50. The Hall–Kier alpha value is -2.68. The first-order valence-electron chi connectivity index (χ1n) is 10.6. The van der Waals surface area contributed by atoms with Gasteiger partial charge in [0.15, 0.2) is 5.78 Å². The third kappa shape index (κ3) is 4.30. The Labute approximate surface area is 182 Å². The lowest BCUT2D eigenvalue weighted by Crippen LogP contribution is -2.44. The standard InChI is InChI=1S/C23H24F4N2O3/c1-14(15-4-6-16(24)7-5-15)11-20(30)18-12-17(19-13-32-10-9-28(18)19)22(31)29-8-2-3-21(29)23(25,26)27/h4-7,12,14,21H,2-3,8-11,13H2,1H3/t14-,21+/m0/s1. The largest absolute Gasteiger partial charge is 0.408 e. The van der Waals surface area contributed by atoms with E-state index in [4.69, 9.17) is 4.74 Å². The summed E-state index contributed by atoms with van der Waals surface area (Å²) in [5, 5.41) is 0. The first-order valence-corrected chi connectivity index (χ1v) is 10.6. The molecule has 0 unspecified atom stereocenters. The topological polar surface area (TPSA) is 51.5 Å². The van der Waals surface area contributed by atoms with Crippen LogP contribution in [0.2, 0.25) is 0 Å². The van der Waals surface area contributed by atoms with Crippen molar-refractivity contribution >= 4 is 11.7 Å². The number of halogens is 4. The van der Waals surface area contributed by atoms with E-state index in [2.05, 4.69) is 0 Å². The number of carbonyl (C=O) groups excluding carboxylic acids is 2. The van der Waals surface area contributed by atoms with Crippen molar-refractivity contribution in [3.63, 3.8) is 0 Å². The SMILES string of the molecule is C[C@@H](CC(=O)c1cc(C(=O)N2CCC[C@@H]2C(F)(F)F)c2n1CCOC2)c1ccc(F)cc1. The third-order valence-corrected chi connectivity index (χ3v) is 6.24. The Morgan fingerprint density at radius 1 is 1.19 bits per heavy atom. The van der Waals surface area contributed by atoms with Crippen molar-refractivity contribution in [2.75, 3.05) is 13.2 Å². The van der Waals surface area contributed by atoms with E-state index < -0.39 is 18.1 Å².